The van der Waals surface area contributed by atoms with E-state index in [1.807, 2.05) is 0 Å². The number of anilines is 1. The molecule has 3 N–H and O–H groups in total. The maximum atomic E-state index is 12.1. The summed E-state index contributed by atoms with van der Waals surface area (Å²) in [7, 11) is 1.49. The van der Waals surface area contributed by atoms with Crippen molar-refractivity contribution in [3.05, 3.63) is 16.0 Å². The molecule has 0 saturated carbocycles. The minimum absolute atomic E-state index is 0.0892. The summed E-state index contributed by atoms with van der Waals surface area (Å²) in [5.74, 6) is -1.69. The lowest BCUT2D eigenvalue weighted by molar-refractivity contribution is -0.114. The summed E-state index contributed by atoms with van der Waals surface area (Å²) in [6, 6.07) is 0. The van der Waals surface area contributed by atoms with E-state index in [0.717, 1.165) is 11.3 Å². The fraction of sp³-hybridized carbons (Fsp3) is 0.500. The lowest BCUT2D eigenvalue weighted by Crippen LogP contribution is -2.22. The standard InChI is InChI=1S/C14H20N2O6S/c1-4-21-13(18)10-8(2)11(14(19)22-6-5-20-3)23-12(10)16-9(17)7-15/h4-7,15H2,1-3H3,(H,16,17). The Balaban J connectivity index is 3.12. The van der Waals surface area contributed by atoms with Gasteiger partial charge in [0.25, 0.3) is 0 Å². The second-order valence-corrected chi connectivity index (χ2v) is 5.38. The molecule has 1 amide bonds. The Morgan fingerprint density at radius 3 is 2.43 bits per heavy atom. The molecule has 0 bridgehead atoms. The summed E-state index contributed by atoms with van der Waals surface area (Å²) >= 11 is 0.946. The van der Waals surface area contributed by atoms with Crippen LogP contribution in [0.5, 0.6) is 0 Å². The molecule has 128 valence electrons. The van der Waals surface area contributed by atoms with E-state index in [1.54, 1.807) is 13.8 Å². The van der Waals surface area contributed by atoms with Gasteiger partial charge in [0.2, 0.25) is 5.91 Å². The van der Waals surface area contributed by atoms with Crippen molar-refractivity contribution in [2.45, 2.75) is 13.8 Å². The van der Waals surface area contributed by atoms with Crippen LogP contribution in [-0.2, 0) is 19.0 Å². The number of nitrogens with two attached hydrogens (primary N) is 1. The van der Waals surface area contributed by atoms with Crippen molar-refractivity contribution in [1.82, 2.24) is 0 Å². The van der Waals surface area contributed by atoms with Crippen molar-refractivity contribution < 1.29 is 28.6 Å². The van der Waals surface area contributed by atoms with E-state index < -0.39 is 17.8 Å². The molecule has 0 aromatic carbocycles. The van der Waals surface area contributed by atoms with Crippen molar-refractivity contribution in [3.63, 3.8) is 0 Å². The minimum Gasteiger partial charge on any atom is -0.462 e. The van der Waals surface area contributed by atoms with E-state index in [-0.39, 0.29) is 41.8 Å². The smallest absolute Gasteiger partial charge is 0.348 e. The number of thiophene rings is 1. The Hall–Kier alpha value is -1.97. The molecule has 0 radical (unpaired) electrons. The number of rotatable bonds is 8. The predicted octanol–water partition coefficient (Wildman–Crippen LogP) is 0.934. The third-order valence-corrected chi connectivity index (χ3v) is 3.96. The second kappa shape index (κ2) is 9.23. The van der Waals surface area contributed by atoms with Crippen LogP contribution in [0, 0.1) is 6.92 Å². The number of esters is 2. The van der Waals surface area contributed by atoms with Gasteiger partial charge in [-0.1, -0.05) is 0 Å². The first kappa shape index (κ1) is 19.1. The molecule has 1 aromatic rings. The summed E-state index contributed by atoms with van der Waals surface area (Å²) in [4.78, 5) is 35.9. The average molecular weight is 344 g/mol. The Labute approximate surface area is 137 Å². The van der Waals surface area contributed by atoms with Gasteiger partial charge in [-0.15, -0.1) is 11.3 Å². The summed E-state index contributed by atoms with van der Waals surface area (Å²) < 4.78 is 14.8. The Morgan fingerprint density at radius 1 is 1.17 bits per heavy atom. The SMILES string of the molecule is CCOC(=O)c1c(NC(=O)CN)sc(C(=O)OCCOC)c1C. The molecule has 0 saturated heterocycles. The van der Waals surface area contributed by atoms with Gasteiger partial charge in [-0.25, -0.2) is 9.59 Å². The van der Waals surface area contributed by atoms with Gasteiger partial charge < -0.3 is 25.3 Å². The van der Waals surface area contributed by atoms with Crippen LogP contribution < -0.4 is 11.1 Å². The van der Waals surface area contributed by atoms with Gasteiger partial charge in [-0.05, 0) is 19.4 Å². The first-order valence-corrected chi connectivity index (χ1v) is 7.74. The molecule has 0 fully saturated rings. The van der Waals surface area contributed by atoms with E-state index in [2.05, 4.69) is 5.32 Å². The molecule has 1 heterocycles. The molecule has 9 heteroatoms. The molecule has 0 aliphatic carbocycles. The Kier molecular flexibility index (Phi) is 7.66. The highest BCUT2D eigenvalue weighted by Crippen LogP contribution is 2.34. The third-order valence-electron chi connectivity index (χ3n) is 2.77. The van der Waals surface area contributed by atoms with E-state index in [1.165, 1.54) is 7.11 Å². The minimum atomic E-state index is -0.621. The van der Waals surface area contributed by atoms with Gasteiger partial charge in [-0.2, -0.15) is 0 Å². The normalized spacial score (nSPS) is 10.3. The van der Waals surface area contributed by atoms with Gasteiger partial charge >= 0.3 is 11.9 Å². The van der Waals surface area contributed by atoms with E-state index >= 15 is 0 Å². The highest BCUT2D eigenvalue weighted by atomic mass is 32.1. The lowest BCUT2D eigenvalue weighted by atomic mass is 10.1. The number of hydrogen-bond donors (Lipinski definition) is 2. The maximum absolute atomic E-state index is 12.1. The van der Waals surface area contributed by atoms with Crippen molar-refractivity contribution in [2.75, 3.05) is 38.8 Å². The van der Waals surface area contributed by atoms with Crippen LogP contribution in [0.4, 0.5) is 5.00 Å². The second-order valence-electron chi connectivity index (χ2n) is 4.36. The van der Waals surface area contributed by atoms with Crippen LogP contribution in [0.25, 0.3) is 0 Å². The molecule has 23 heavy (non-hydrogen) atoms. The van der Waals surface area contributed by atoms with Gasteiger partial charge in [0.05, 0.1) is 25.3 Å². The molecular formula is C14H20N2O6S. The number of nitrogens with one attached hydrogen (secondary N) is 1. The van der Waals surface area contributed by atoms with Gasteiger partial charge in [-0.3, -0.25) is 4.79 Å². The van der Waals surface area contributed by atoms with Crippen molar-refractivity contribution in [1.29, 1.82) is 0 Å². The van der Waals surface area contributed by atoms with Crippen LogP contribution in [0.1, 0.15) is 32.5 Å². The van der Waals surface area contributed by atoms with E-state index in [9.17, 15) is 14.4 Å². The Bertz CT molecular complexity index is 584. The monoisotopic (exact) mass is 344 g/mol. The number of ether oxygens (including phenoxy) is 3. The maximum Gasteiger partial charge on any atom is 0.348 e. The number of amides is 1. The molecule has 8 nitrogen and oxygen atoms in total. The summed E-state index contributed by atoms with van der Waals surface area (Å²) in [6.07, 6.45) is 0. The van der Waals surface area contributed by atoms with E-state index in [0.29, 0.717) is 5.56 Å². The summed E-state index contributed by atoms with van der Waals surface area (Å²) in [5, 5.41) is 2.72. The van der Waals surface area contributed by atoms with Crippen molar-refractivity contribution >= 4 is 34.2 Å². The molecule has 1 rings (SSSR count). The largest absolute Gasteiger partial charge is 0.462 e. The number of hydrogen-bond acceptors (Lipinski definition) is 8. The predicted molar refractivity (Wildman–Crippen MR) is 84.9 cm³/mol. The van der Waals surface area contributed by atoms with Crippen LogP contribution in [0.15, 0.2) is 0 Å². The van der Waals surface area contributed by atoms with Gasteiger partial charge in [0, 0.05) is 7.11 Å². The average Bonchev–Trinajstić information content (AvgIpc) is 2.84. The first-order valence-electron chi connectivity index (χ1n) is 6.92. The van der Waals surface area contributed by atoms with Crippen LogP contribution in [0.3, 0.4) is 0 Å². The van der Waals surface area contributed by atoms with Crippen molar-refractivity contribution in [2.24, 2.45) is 5.73 Å². The van der Waals surface area contributed by atoms with Gasteiger partial charge in [0.15, 0.2) is 0 Å². The molecule has 0 unspecified atom stereocenters. The molecule has 0 spiro atoms. The van der Waals surface area contributed by atoms with Crippen molar-refractivity contribution in [3.8, 4) is 0 Å². The topological polar surface area (TPSA) is 117 Å². The van der Waals surface area contributed by atoms with Gasteiger partial charge in [0.1, 0.15) is 16.5 Å². The fourth-order valence-corrected chi connectivity index (χ4v) is 2.81. The molecular weight excluding hydrogens is 324 g/mol. The first-order chi connectivity index (χ1) is 11.0. The highest BCUT2D eigenvalue weighted by molar-refractivity contribution is 7.18. The molecule has 1 aromatic heterocycles. The van der Waals surface area contributed by atoms with E-state index in [4.69, 9.17) is 19.9 Å². The number of carbonyl (C=O) groups excluding carboxylic acids is 3. The lowest BCUT2D eigenvalue weighted by Gasteiger charge is -2.06. The molecule has 0 aliphatic rings. The quantitative estimate of drug-likeness (QED) is 0.532. The number of carbonyl (C=O) groups is 3. The zero-order chi connectivity index (χ0) is 17.4. The summed E-state index contributed by atoms with van der Waals surface area (Å²) in [6.45, 7) is 3.54. The van der Waals surface area contributed by atoms with Crippen LogP contribution >= 0.6 is 11.3 Å². The Morgan fingerprint density at radius 2 is 1.87 bits per heavy atom. The van der Waals surface area contributed by atoms with Crippen LogP contribution in [0.2, 0.25) is 0 Å². The third kappa shape index (κ3) is 5.02. The van der Waals surface area contributed by atoms with Crippen LogP contribution in [-0.4, -0.2) is 51.3 Å². The zero-order valence-electron chi connectivity index (χ0n) is 13.3. The summed E-state index contributed by atoms with van der Waals surface area (Å²) in [5.41, 5.74) is 5.79. The molecule has 0 aliphatic heterocycles. The highest BCUT2D eigenvalue weighted by Gasteiger charge is 2.27. The fourth-order valence-electron chi connectivity index (χ4n) is 1.71. The molecule has 0 atom stereocenters. The zero-order valence-corrected chi connectivity index (χ0v) is 14.1. The number of methoxy groups -OCH3 is 1.